The zero-order valence-corrected chi connectivity index (χ0v) is 11.2. The Hall–Kier alpha value is -1.95. The average Bonchev–Trinajstić information content (AvgIpc) is 3.26. The van der Waals surface area contributed by atoms with Gasteiger partial charge in [0.25, 0.3) is 5.91 Å². The van der Waals surface area contributed by atoms with Crippen LogP contribution in [-0.2, 0) is 4.74 Å². The largest absolute Gasteiger partial charge is 0.477 e. The Morgan fingerprint density at radius 1 is 1.40 bits per heavy atom. The first-order valence-electron chi connectivity index (χ1n) is 6.72. The molecule has 0 atom stereocenters. The summed E-state index contributed by atoms with van der Waals surface area (Å²) >= 11 is 0. The van der Waals surface area contributed by atoms with Crippen LogP contribution in [0.25, 0.3) is 0 Å². The number of nitrogens with zero attached hydrogens (tertiary/aromatic N) is 1. The van der Waals surface area contributed by atoms with Gasteiger partial charge in [0.1, 0.15) is 5.69 Å². The van der Waals surface area contributed by atoms with Gasteiger partial charge in [-0.1, -0.05) is 0 Å². The molecule has 0 unspecified atom stereocenters. The molecule has 1 amide bonds. The Bertz CT molecular complexity index is 469. The number of ether oxygens (including phenoxy) is 1. The molecule has 1 fully saturated rings. The summed E-state index contributed by atoms with van der Waals surface area (Å²) in [5, 5.41) is 11.4. The van der Waals surface area contributed by atoms with Gasteiger partial charge in [-0.2, -0.15) is 0 Å². The highest BCUT2D eigenvalue weighted by Crippen LogP contribution is 2.28. The molecular weight excluding hydrogens is 260 g/mol. The van der Waals surface area contributed by atoms with Gasteiger partial charge >= 0.3 is 5.97 Å². The number of pyridine rings is 1. The molecule has 6 nitrogen and oxygen atoms in total. The van der Waals surface area contributed by atoms with Gasteiger partial charge in [0, 0.05) is 26.0 Å². The molecule has 0 saturated heterocycles. The summed E-state index contributed by atoms with van der Waals surface area (Å²) in [5.74, 6) is -0.607. The van der Waals surface area contributed by atoms with Crippen molar-refractivity contribution >= 4 is 11.9 Å². The number of carboxylic acid groups (broad SMARTS) is 1. The molecule has 108 valence electrons. The predicted molar refractivity (Wildman–Crippen MR) is 71.7 cm³/mol. The van der Waals surface area contributed by atoms with Crippen molar-refractivity contribution in [1.29, 1.82) is 0 Å². The summed E-state index contributed by atoms with van der Waals surface area (Å²) in [4.78, 5) is 26.1. The summed E-state index contributed by atoms with van der Waals surface area (Å²) < 4.78 is 5.46. The van der Waals surface area contributed by atoms with Crippen molar-refractivity contribution in [2.45, 2.75) is 19.3 Å². The molecule has 1 aromatic rings. The van der Waals surface area contributed by atoms with Crippen LogP contribution in [-0.4, -0.2) is 41.7 Å². The minimum Gasteiger partial charge on any atom is -0.477 e. The van der Waals surface area contributed by atoms with Gasteiger partial charge in [0.2, 0.25) is 0 Å². The molecule has 1 saturated carbocycles. The first-order valence-corrected chi connectivity index (χ1v) is 6.72. The van der Waals surface area contributed by atoms with E-state index < -0.39 is 5.97 Å². The van der Waals surface area contributed by atoms with Crippen LogP contribution in [0.5, 0.6) is 0 Å². The van der Waals surface area contributed by atoms with Gasteiger partial charge in [-0.05, 0) is 37.3 Å². The second kappa shape index (κ2) is 7.00. The lowest BCUT2D eigenvalue weighted by Gasteiger charge is -2.06. The Kier molecular flexibility index (Phi) is 5.06. The smallest absolute Gasteiger partial charge is 0.354 e. The standard InChI is InChI=1S/C14H18N2O4/c17-13(11-4-5-12(14(18)19)16-8-11)15-6-1-7-20-9-10-2-3-10/h4-5,8,10H,1-3,6-7,9H2,(H,15,17)(H,18,19). The van der Waals surface area contributed by atoms with Gasteiger partial charge < -0.3 is 15.2 Å². The van der Waals surface area contributed by atoms with Crippen molar-refractivity contribution in [2.75, 3.05) is 19.8 Å². The molecule has 0 radical (unpaired) electrons. The molecule has 1 aromatic heterocycles. The number of carbonyl (C=O) groups is 2. The Labute approximate surface area is 117 Å². The molecule has 2 N–H and O–H groups in total. The fourth-order valence-electron chi connectivity index (χ4n) is 1.67. The SMILES string of the molecule is O=C(NCCCOCC1CC1)c1ccc(C(=O)O)nc1. The Morgan fingerprint density at radius 2 is 2.20 bits per heavy atom. The summed E-state index contributed by atoms with van der Waals surface area (Å²) in [6, 6.07) is 2.77. The molecule has 0 spiro atoms. The molecule has 0 bridgehead atoms. The number of hydrogen-bond donors (Lipinski definition) is 2. The molecule has 20 heavy (non-hydrogen) atoms. The van der Waals surface area contributed by atoms with Crippen molar-refractivity contribution < 1.29 is 19.4 Å². The zero-order valence-electron chi connectivity index (χ0n) is 11.2. The van der Waals surface area contributed by atoms with E-state index in [-0.39, 0.29) is 11.6 Å². The maximum atomic E-state index is 11.7. The molecule has 0 aliphatic heterocycles. The lowest BCUT2D eigenvalue weighted by molar-refractivity contribution is 0.0689. The van der Waals surface area contributed by atoms with E-state index in [4.69, 9.17) is 9.84 Å². The first kappa shape index (κ1) is 14.5. The molecule has 1 aliphatic carbocycles. The van der Waals surface area contributed by atoms with E-state index in [9.17, 15) is 9.59 Å². The number of aromatic nitrogens is 1. The highest BCUT2D eigenvalue weighted by molar-refractivity contribution is 5.94. The number of rotatable bonds is 8. The van der Waals surface area contributed by atoms with E-state index >= 15 is 0 Å². The molecule has 1 heterocycles. The molecular formula is C14H18N2O4. The number of aromatic carboxylic acids is 1. The number of nitrogens with one attached hydrogen (secondary N) is 1. The summed E-state index contributed by atoms with van der Waals surface area (Å²) in [5.41, 5.74) is 0.281. The van der Waals surface area contributed by atoms with E-state index in [1.165, 1.54) is 31.2 Å². The first-order chi connectivity index (χ1) is 9.66. The van der Waals surface area contributed by atoms with Crippen LogP contribution < -0.4 is 5.32 Å². The normalized spacial score (nSPS) is 14.0. The van der Waals surface area contributed by atoms with E-state index in [2.05, 4.69) is 10.3 Å². The monoisotopic (exact) mass is 278 g/mol. The predicted octanol–water partition coefficient (Wildman–Crippen LogP) is 1.33. The van der Waals surface area contributed by atoms with Gasteiger partial charge in [-0.15, -0.1) is 0 Å². The van der Waals surface area contributed by atoms with Crippen LogP contribution in [0.3, 0.4) is 0 Å². The summed E-state index contributed by atoms with van der Waals surface area (Å²) in [7, 11) is 0. The zero-order chi connectivity index (χ0) is 14.4. The van der Waals surface area contributed by atoms with E-state index in [1.807, 2.05) is 0 Å². The lowest BCUT2D eigenvalue weighted by atomic mass is 10.2. The Balaban J connectivity index is 1.64. The summed E-state index contributed by atoms with van der Waals surface area (Å²) in [6.07, 6.45) is 4.58. The van der Waals surface area contributed by atoms with E-state index in [1.54, 1.807) is 0 Å². The topological polar surface area (TPSA) is 88.5 Å². The molecule has 1 aliphatic rings. The fraction of sp³-hybridized carbons (Fsp3) is 0.500. The quantitative estimate of drug-likeness (QED) is 0.700. The van der Waals surface area contributed by atoms with Crippen molar-refractivity contribution in [2.24, 2.45) is 5.92 Å². The lowest BCUT2D eigenvalue weighted by Crippen LogP contribution is -2.25. The van der Waals surface area contributed by atoms with Crippen LogP contribution >= 0.6 is 0 Å². The van der Waals surface area contributed by atoms with Crippen LogP contribution in [0.2, 0.25) is 0 Å². The molecule has 2 rings (SSSR count). The van der Waals surface area contributed by atoms with Crippen molar-refractivity contribution in [3.05, 3.63) is 29.6 Å². The van der Waals surface area contributed by atoms with Gasteiger partial charge in [0.05, 0.1) is 5.56 Å². The average molecular weight is 278 g/mol. The van der Waals surface area contributed by atoms with Crippen molar-refractivity contribution in [3.8, 4) is 0 Å². The minimum atomic E-state index is -1.11. The van der Waals surface area contributed by atoms with E-state index in [0.717, 1.165) is 18.9 Å². The van der Waals surface area contributed by atoms with Gasteiger partial charge in [-0.3, -0.25) is 4.79 Å². The maximum absolute atomic E-state index is 11.7. The third-order valence-corrected chi connectivity index (χ3v) is 3.05. The van der Waals surface area contributed by atoms with Crippen LogP contribution in [0.15, 0.2) is 18.3 Å². The van der Waals surface area contributed by atoms with Gasteiger partial charge in [0.15, 0.2) is 0 Å². The van der Waals surface area contributed by atoms with Crippen LogP contribution in [0.1, 0.15) is 40.1 Å². The Morgan fingerprint density at radius 3 is 2.80 bits per heavy atom. The van der Waals surface area contributed by atoms with Crippen molar-refractivity contribution in [1.82, 2.24) is 10.3 Å². The summed E-state index contributed by atoms with van der Waals surface area (Å²) in [6.45, 7) is 2.01. The number of carbonyl (C=O) groups excluding carboxylic acids is 1. The van der Waals surface area contributed by atoms with Crippen LogP contribution in [0, 0.1) is 5.92 Å². The minimum absolute atomic E-state index is 0.0741. The second-order valence-corrected chi connectivity index (χ2v) is 4.87. The molecule has 0 aromatic carbocycles. The maximum Gasteiger partial charge on any atom is 0.354 e. The second-order valence-electron chi connectivity index (χ2n) is 4.87. The highest BCUT2D eigenvalue weighted by atomic mass is 16.5. The number of carboxylic acids is 1. The third-order valence-electron chi connectivity index (χ3n) is 3.05. The highest BCUT2D eigenvalue weighted by Gasteiger charge is 2.20. The van der Waals surface area contributed by atoms with Gasteiger partial charge in [-0.25, -0.2) is 9.78 Å². The van der Waals surface area contributed by atoms with E-state index in [0.29, 0.717) is 18.7 Å². The number of hydrogen-bond acceptors (Lipinski definition) is 4. The fourth-order valence-corrected chi connectivity index (χ4v) is 1.67. The van der Waals surface area contributed by atoms with Crippen molar-refractivity contribution in [3.63, 3.8) is 0 Å². The number of amides is 1. The van der Waals surface area contributed by atoms with Crippen LogP contribution in [0.4, 0.5) is 0 Å². The molecule has 6 heteroatoms. The third kappa shape index (κ3) is 4.62.